The van der Waals surface area contributed by atoms with Gasteiger partial charge in [-0.25, -0.2) is 0 Å². The first-order valence-corrected chi connectivity index (χ1v) is 15.7. The first-order valence-electron chi connectivity index (χ1n) is 14.5. The second-order valence-electron chi connectivity index (χ2n) is 11.2. The van der Waals surface area contributed by atoms with E-state index in [0.717, 1.165) is 43.1 Å². The Kier molecular flexibility index (Phi) is 10.4. The lowest BCUT2D eigenvalue weighted by Crippen LogP contribution is -2.29. The minimum Gasteiger partial charge on any atom is -0.134 e. The molecule has 1 aliphatic rings. The molecule has 204 valence electrons. The standard InChI is InChI=1S/C37H19B8ClS/c1-3-25(38)31(42)33(44)27(40)18-37(19-28(41)34(45)32(43)26(39)4-2)24-17-22(46)15-16-23(24)29-30(37)36(21-13-9-6-10-14-21)47-35(29)20-11-7-5-8-12-20/h1-2,5-17H,18-19H2/b31-25-,32-26-,33-27-,34-28-. The molecule has 1 heterocycles. The van der Waals surface area contributed by atoms with Crippen molar-refractivity contribution in [3.8, 4) is 56.7 Å². The van der Waals surface area contributed by atoms with E-state index in [4.69, 9.17) is 87.2 Å². The third-order valence-corrected chi connectivity index (χ3v) is 9.90. The largest absolute Gasteiger partial charge is 0.134 e. The number of fused-ring (bicyclic) bond motifs is 3. The first-order chi connectivity index (χ1) is 22.4. The van der Waals surface area contributed by atoms with Gasteiger partial charge < -0.3 is 0 Å². The fourth-order valence-corrected chi connectivity index (χ4v) is 7.66. The van der Waals surface area contributed by atoms with Crippen molar-refractivity contribution in [3.05, 3.63) is 139 Å². The summed E-state index contributed by atoms with van der Waals surface area (Å²) in [5.74, 6) is 4.65. The Hall–Kier alpha value is -3.75. The molecule has 0 nitrogen and oxygen atoms in total. The number of benzene rings is 3. The molecule has 5 rings (SSSR count). The van der Waals surface area contributed by atoms with Crippen LogP contribution in [0.2, 0.25) is 5.02 Å². The Morgan fingerprint density at radius 1 is 0.638 bits per heavy atom. The second kappa shape index (κ2) is 14.2. The topological polar surface area (TPSA) is 0 Å². The highest BCUT2D eigenvalue weighted by atomic mass is 35.5. The Labute approximate surface area is 297 Å². The highest BCUT2D eigenvalue weighted by Gasteiger charge is 2.47. The van der Waals surface area contributed by atoms with Gasteiger partial charge >= 0.3 is 0 Å². The number of thiophene rings is 1. The second-order valence-corrected chi connectivity index (χ2v) is 12.6. The van der Waals surface area contributed by atoms with Crippen molar-refractivity contribution in [2.24, 2.45) is 0 Å². The Balaban J connectivity index is 1.95. The Morgan fingerprint density at radius 2 is 1.11 bits per heavy atom. The molecule has 4 aromatic rings. The van der Waals surface area contributed by atoms with Crippen LogP contribution < -0.4 is 0 Å². The van der Waals surface area contributed by atoms with Crippen LogP contribution >= 0.6 is 22.9 Å². The van der Waals surface area contributed by atoms with Crippen LogP contribution in [0.3, 0.4) is 0 Å². The molecule has 0 unspecified atom stereocenters. The van der Waals surface area contributed by atoms with E-state index < -0.39 is 5.41 Å². The summed E-state index contributed by atoms with van der Waals surface area (Å²) in [6.45, 7) is 0. The first kappa shape index (κ1) is 34.6. The van der Waals surface area contributed by atoms with Crippen molar-refractivity contribution in [1.29, 1.82) is 0 Å². The predicted octanol–water partition coefficient (Wildman–Crippen LogP) is 6.24. The van der Waals surface area contributed by atoms with Crippen molar-refractivity contribution < 1.29 is 0 Å². The minimum absolute atomic E-state index is 0.000244. The van der Waals surface area contributed by atoms with Gasteiger partial charge in [0.05, 0.1) is 0 Å². The third kappa shape index (κ3) is 6.42. The summed E-state index contributed by atoms with van der Waals surface area (Å²) in [5, 5.41) is 0.516. The highest BCUT2D eigenvalue weighted by molar-refractivity contribution is 7.19. The van der Waals surface area contributed by atoms with E-state index in [2.05, 4.69) is 36.1 Å². The third-order valence-electron chi connectivity index (χ3n) is 8.37. The van der Waals surface area contributed by atoms with Gasteiger partial charge in [-0.2, -0.15) is 0 Å². The minimum atomic E-state index is -0.996. The molecule has 16 radical (unpaired) electrons. The fraction of sp³-hybridized carbons (Fsp3) is 0.0811. The summed E-state index contributed by atoms with van der Waals surface area (Å²) < 4.78 is 0. The number of hydrogen-bond donors (Lipinski definition) is 0. The lowest BCUT2D eigenvalue weighted by Gasteiger charge is -2.36. The molecular weight excluding hydrogens is 598 g/mol. The van der Waals surface area contributed by atoms with Crippen LogP contribution in [0.5, 0.6) is 0 Å². The van der Waals surface area contributed by atoms with E-state index in [0.29, 0.717) is 5.02 Å². The van der Waals surface area contributed by atoms with E-state index in [1.807, 2.05) is 54.6 Å². The molecule has 47 heavy (non-hydrogen) atoms. The van der Waals surface area contributed by atoms with Gasteiger partial charge in [0.25, 0.3) is 0 Å². The van der Waals surface area contributed by atoms with Gasteiger partial charge in [-0.15, -0.1) is 57.0 Å². The maximum absolute atomic E-state index is 6.83. The molecule has 3 aromatic carbocycles. The van der Waals surface area contributed by atoms with Crippen LogP contribution in [0.4, 0.5) is 0 Å². The fourth-order valence-electron chi connectivity index (χ4n) is 6.06. The van der Waals surface area contributed by atoms with Gasteiger partial charge in [-0.05, 0) is 52.8 Å². The zero-order valence-corrected chi connectivity index (χ0v) is 27.1. The molecule has 0 bridgehead atoms. The van der Waals surface area contributed by atoms with Gasteiger partial charge in [0.1, 0.15) is 62.8 Å². The average Bonchev–Trinajstić information content (AvgIpc) is 3.61. The van der Waals surface area contributed by atoms with E-state index in [9.17, 15) is 0 Å². The van der Waals surface area contributed by atoms with Crippen LogP contribution in [-0.2, 0) is 5.41 Å². The maximum atomic E-state index is 6.83. The smallest absolute Gasteiger partial charge is 0.125 e. The van der Waals surface area contributed by atoms with Crippen molar-refractivity contribution in [1.82, 2.24) is 0 Å². The van der Waals surface area contributed by atoms with E-state index in [1.54, 1.807) is 11.3 Å². The Bertz CT molecular complexity index is 2030. The molecule has 0 fully saturated rings. The Morgan fingerprint density at radius 3 is 1.57 bits per heavy atom. The van der Waals surface area contributed by atoms with Gasteiger partial charge in [0.2, 0.25) is 0 Å². The summed E-state index contributed by atoms with van der Waals surface area (Å²) in [7, 11) is 51.2. The molecule has 1 aliphatic carbocycles. The van der Waals surface area contributed by atoms with Gasteiger partial charge in [-0.1, -0.05) is 101 Å². The molecule has 1 aromatic heterocycles. The van der Waals surface area contributed by atoms with Crippen molar-refractivity contribution >= 4 is 85.7 Å². The number of hydrogen-bond acceptors (Lipinski definition) is 1. The van der Waals surface area contributed by atoms with E-state index >= 15 is 0 Å². The summed E-state index contributed by atoms with van der Waals surface area (Å²) in [6, 6.07) is 26.0. The summed E-state index contributed by atoms with van der Waals surface area (Å²) in [4.78, 5) is 2.06. The van der Waals surface area contributed by atoms with E-state index in [-0.39, 0.29) is 56.6 Å². The lowest BCUT2D eigenvalue weighted by molar-refractivity contribution is 0.535. The molecule has 0 spiro atoms. The predicted molar refractivity (Wildman–Crippen MR) is 207 cm³/mol. The SMILES string of the molecule is [B]/C(C#C)=C([B])/C([B])=C(/[B])CC1(C/C([B])=C([B])\C([B])=C(\[B])C#C)c2cc(Cl)ccc2-c2c(-c3ccccc3)sc(-c3ccccc3)c21. The van der Waals surface area contributed by atoms with Crippen LogP contribution in [0, 0.1) is 24.7 Å². The van der Waals surface area contributed by atoms with Crippen LogP contribution in [-0.4, -0.2) is 62.8 Å². The van der Waals surface area contributed by atoms with Crippen molar-refractivity contribution in [3.63, 3.8) is 0 Å². The molecule has 0 N–H and O–H groups in total. The summed E-state index contributed by atoms with van der Waals surface area (Å²) in [6.07, 6.45) is 11.3. The number of rotatable bonds is 8. The quantitative estimate of drug-likeness (QED) is 0.125. The van der Waals surface area contributed by atoms with E-state index in [1.165, 1.54) is 0 Å². The van der Waals surface area contributed by atoms with Crippen LogP contribution in [0.1, 0.15) is 24.0 Å². The van der Waals surface area contributed by atoms with Crippen LogP contribution in [0.25, 0.3) is 32.0 Å². The number of halogens is 1. The molecule has 0 atom stereocenters. The lowest BCUT2D eigenvalue weighted by atomic mass is 9.57. The van der Waals surface area contributed by atoms with Gasteiger partial charge in [-0.3, -0.25) is 0 Å². The van der Waals surface area contributed by atoms with Gasteiger partial charge in [0.15, 0.2) is 0 Å². The molecule has 0 aliphatic heterocycles. The normalized spacial score (nSPS) is 17.2. The maximum Gasteiger partial charge on any atom is 0.125 e. The van der Waals surface area contributed by atoms with Crippen molar-refractivity contribution in [2.75, 3.05) is 0 Å². The average molecular weight is 618 g/mol. The molecule has 0 saturated carbocycles. The molecule has 10 heteroatoms. The van der Waals surface area contributed by atoms with Gasteiger partial charge in [0, 0.05) is 25.8 Å². The molecule has 0 amide bonds. The monoisotopic (exact) mass is 618 g/mol. The highest BCUT2D eigenvalue weighted by Crippen LogP contribution is 2.63. The number of terminal acetylenes is 2. The number of allylic oxidation sites excluding steroid dienone is 8. The molecule has 0 saturated heterocycles. The van der Waals surface area contributed by atoms with Crippen LogP contribution in [0.15, 0.2) is 123 Å². The zero-order chi connectivity index (χ0) is 34.0. The molecular formula is C37H19B8ClS. The summed E-state index contributed by atoms with van der Waals surface area (Å²) in [5.41, 5.74) is 5.38. The summed E-state index contributed by atoms with van der Waals surface area (Å²) >= 11 is 8.40. The zero-order valence-electron chi connectivity index (χ0n) is 25.5. The van der Waals surface area contributed by atoms with Crippen molar-refractivity contribution in [2.45, 2.75) is 18.3 Å².